The summed E-state index contributed by atoms with van der Waals surface area (Å²) in [7, 11) is 0. The molecule has 0 heterocycles. The lowest BCUT2D eigenvalue weighted by Gasteiger charge is -2.10. The lowest BCUT2D eigenvalue weighted by atomic mass is 10.1. The largest absolute Gasteiger partial charge is 0.416 e. The lowest BCUT2D eigenvalue weighted by Crippen LogP contribution is -2.06. The van der Waals surface area contributed by atoms with Crippen molar-refractivity contribution in [2.75, 3.05) is 5.32 Å². The molecule has 0 aliphatic carbocycles. The van der Waals surface area contributed by atoms with Gasteiger partial charge in [0.1, 0.15) is 0 Å². The first-order chi connectivity index (χ1) is 9.49. The summed E-state index contributed by atoms with van der Waals surface area (Å²) in [6, 6.07) is 12.3. The molecule has 0 aliphatic heterocycles. The van der Waals surface area contributed by atoms with Gasteiger partial charge in [-0.05, 0) is 35.4 Å². The van der Waals surface area contributed by atoms with Crippen LogP contribution in [0.25, 0.3) is 0 Å². The second-order valence-corrected chi connectivity index (χ2v) is 4.41. The van der Waals surface area contributed by atoms with Crippen molar-refractivity contribution in [3.63, 3.8) is 0 Å². The van der Waals surface area contributed by atoms with Crippen LogP contribution in [0.5, 0.6) is 0 Å². The van der Waals surface area contributed by atoms with Crippen molar-refractivity contribution >= 4 is 5.69 Å². The molecule has 0 saturated carbocycles. The maximum Gasteiger partial charge on any atom is 0.416 e. The van der Waals surface area contributed by atoms with Crippen LogP contribution in [0.15, 0.2) is 48.5 Å². The van der Waals surface area contributed by atoms with Crippen LogP contribution in [0.4, 0.5) is 18.9 Å². The number of rotatable bonds is 4. The SMILES string of the molecule is OCc1ccc(NCc2cccc(C(F)(F)F)c2)cc1. The van der Waals surface area contributed by atoms with Crippen LogP contribution in [0.3, 0.4) is 0 Å². The molecule has 2 N–H and O–H groups in total. The van der Waals surface area contributed by atoms with Gasteiger partial charge in [-0.25, -0.2) is 0 Å². The zero-order valence-electron chi connectivity index (χ0n) is 10.6. The number of aliphatic hydroxyl groups is 1. The molecule has 106 valence electrons. The monoisotopic (exact) mass is 281 g/mol. The molecule has 20 heavy (non-hydrogen) atoms. The Morgan fingerprint density at radius 1 is 0.950 bits per heavy atom. The topological polar surface area (TPSA) is 32.3 Å². The Bertz CT molecular complexity index is 564. The van der Waals surface area contributed by atoms with E-state index in [9.17, 15) is 13.2 Å². The average molecular weight is 281 g/mol. The van der Waals surface area contributed by atoms with Gasteiger partial charge in [-0.1, -0.05) is 24.3 Å². The number of aliphatic hydroxyl groups excluding tert-OH is 1. The number of anilines is 1. The van der Waals surface area contributed by atoms with Crippen LogP contribution < -0.4 is 5.32 Å². The maximum atomic E-state index is 12.6. The molecule has 0 unspecified atom stereocenters. The van der Waals surface area contributed by atoms with Gasteiger partial charge in [-0.15, -0.1) is 0 Å². The van der Waals surface area contributed by atoms with E-state index in [1.165, 1.54) is 6.07 Å². The first-order valence-electron chi connectivity index (χ1n) is 6.09. The third-order valence-electron chi connectivity index (χ3n) is 2.89. The van der Waals surface area contributed by atoms with Gasteiger partial charge in [-0.2, -0.15) is 13.2 Å². The minimum Gasteiger partial charge on any atom is -0.392 e. The normalized spacial score (nSPS) is 11.4. The maximum absolute atomic E-state index is 12.6. The Hall–Kier alpha value is -2.01. The molecular weight excluding hydrogens is 267 g/mol. The van der Waals surface area contributed by atoms with Crippen molar-refractivity contribution in [1.82, 2.24) is 0 Å². The van der Waals surface area contributed by atoms with Crippen LogP contribution in [-0.4, -0.2) is 5.11 Å². The van der Waals surface area contributed by atoms with Crippen LogP contribution in [0.2, 0.25) is 0 Å². The van der Waals surface area contributed by atoms with Crippen LogP contribution >= 0.6 is 0 Å². The predicted molar refractivity (Wildman–Crippen MR) is 71.1 cm³/mol. The summed E-state index contributed by atoms with van der Waals surface area (Å²) in [5.41, 5.74) is 1.49. The van der Waals surface area contributed by atoms with Crippen LogP contribution in [-0.2, 0) is 19.3 Å². The van der Waals surface area contributed by atoms with Gasteiger partial charge in [0, 0.05) is 12.2 Å². The van der Waals surface area contributed by atoms with Gasteiger partial charge in [0.15, 0.2) is 0 Å². The summed E-state index contributed by atoms with van der Waals surface area (Å²) in [5.74, 6) is 0. The second kappa shape index (κ2) is 5.96. The highest BCUT2D eigenvalue weighted by Crippen LogP contribution is 2.29. The summed E-state index contributed by atoms with van der Waals surface area (Å²) in [6.45, 7) is 0.274. The molecule has 0 aliphatic rings. The second-order valence-electron chi connectivity index (χ2n) is 4.41. The zero-order chi connectivity index (χ0) is 14.6. The molecular formula is C15H14F3NO. The Morgan fingerprint density at radius 2 is 1.65 bits per heavy atom. The Balaban J connectivity index is 2.03. The van der Waals surface area contributed by atoms with Gasteiger partial charge in [-0.3, -0.25) is 0 Å². The smallest absolute Gasteiger partial charge is 0.392 e. The molecule has 0 saturated heterocycles. The van der Waals surface area contributed by atoms with Gasteiger partial charge >= 0.3 is 6.18 Å². The molecule has 0 bridgehead atoms. The fourth-order valence-corrected chi connectivity index (χ4v) is 1.79. The number of alkyl halides is 3. The number of nitrogens with one attached hydrogen (secondary N) is 1. The molecule has 0 fully saturated rings. The average Bonchev–Trinajstić information content (AvgIpc) is 2.45. The Morgan fingerprint density at radius 3 is 2.25 bits per heavy atom. The molecule has 2 nitrogen and oxygen atoms in total. The molecule has 0 radical (unpaired) electrons. The van der Waals surface area contributed by atoms with E-state index in [4.69, 9.17) is 5.11 Å². The zero-order valence-corrected chi connectivity index (χ0v) is 10.6. The molecule has 0 spiro atoms. The minimum absolute atomic E-state index is 0.0338. The lowest BCUT2D eigenvalue weighted by molar-refractivity contribution is -0.137. The fraction of sp³-hybridized carbons (Fsp3) is 0.200. The van der Waals surface area contributed by atoms with E-state index in [1.807, 2.05) is 0 Å². The summed E-state index contributed by atoms with van der Waals surface area (Å²) in [6.07, 6.45) is -4.32. The van der Waals surface area contributed by atoms with Gasteiger partial charge < -0.3 is 10.4 Å². The molecule has 2 aromatic carbocycles. The van der Waals surface area contributed by atoms with E-state index >= 15 is 0 Å². The van der Waals surface area contributed by atoms with E-state index in [0.29, 0.717) is 12.1 Å². The van der Waals surface area contributed by atoms with Crippen molar-refractivity contribution < 1.29 is 18.3 Å². The first-order valence-corrected chi connectivity index (χ1v) is 6.09. The summed E-state index contributed by atoms with van der Waals surface area (Å²) in [4.78, 5) is 0. The van der Waals surface area contributed by atoms with E-state index in [-0.39, 0.29) is 6.61 Å². The minimum atomic E-state index is -4.32. The van der Waals surface area contributed by atoms with Crippen LogP contribution in [0, 0.1) is 0 Å². The third-order valence-corrected chi connectivity index (χ3v) is 2.89. The summed E-state index contributed by atoms with van der Waals surface area (Å²) in [5, 5.41) is 12.0. The van der Waals surface area contributed by atoms with E-state index in [0.717, 1.165) is 23.4 Å². The quantitative estimate of drug-likeness (QED) is 0.893. The summed E-state index contributed by atoms with van der Waals surface area (Å²) >= 11 is 0. The molecule has 2 rings (SSSR count). The van der Waals surface area contributed by atoms with Gasteiger partial charge in [0.05, 0.1) is 12.2 Å². The van der Waals surface area contributed by atoms with Crippen molar-refractivity contribution in [3.8, 4) is 0 Å². The number of hydrogen-bond donors (Lipinski definition) is 2. The van der Waals surface area contributed by atoms with E-state index in [1.54, 1.807) is 30.3 Å². The highest BCUT2D eigenvalue weighted by molar-refractivity contribution is 5.45. The number of halogens is 3. The molecule has 0 aromatic heterocycles. The standard InChI is InChI=1S/C15H14F3NO/c16-15(17,18)13-3-1-2-12(8-13)9-19-14-6-4-11(10-20)5-7-14/h1-8,19-20H,9-10H2. The molecule has 0 amide bonds. The third kappa shape index (κ3) is 3.74. The number of benzene rings is 2. The van der Waals surface area contributed by atoms with E-state index < -0.39 is 11.7 Å². The van der Waals surface area contributed by atoms with Crippen molar-refractivity contribution in [2.24, 2.45) is 0 Å². The first kappa shape index (κ1) is 14.4. The van der Waals surface area contributed by atoms with Crippen molar-refractivity contribution in [3.05, 3.63) is 65.2 Å². The molecule has 0 atom stereocenters. The highest BCUT2D eigenvalue weighted by Gasteiger charge is 2.30. The molecule has 2 aromatic rings. The van der Waals surface area contributed by atoms with Crippen molar-refractivity contribution in [1.29, 1.82) is 0 Å². The molecule has 5 heteroatoms. The van der Waals surface area contributed by atoms with Crippen molar-refractivity contribution in [2.45, 2.75) is 19.3 Å². The fourth-order valence-electron chi connectivity index (χ4n) is 1.79. The van der Waals surface area contributed by atoms with Gasteiger partial charge in [0.25, 0.3) is 0 Å². The van der Waals surface area contributed by atoms with E-state index in [2.05, 4.69) is 5.32 Å². The highest BCUT2D eigenvalue weighted by atomic mass is 19.4. The Labute approximate surface area is 114 Å². The number of hydrogen-bond acceptors (Lipinski definition) is 2. The summed E-state index contributed by atoms with van der Waals surface area (Å²) < 4.78 is 37.7. The van der Waals surface area contributed by atoms with Crippen LogP contribution in [0.1, 0.15) is 16.7 Å². The predicted octanol–water partition coefficient (Wildman–Crippen LogP) is 3.81. The van der Waals surface area contributed by atoms with Gasteiger partial charge in [0.2, 0.25) is 0 Å². The Kier molecular flexibility index (Phi) is 4.29.